The highest BCUT2D eigenvalue weighted by atomic mass is 79.9. The lowest BCUT2D eigenvalue weighted by Gasteiger charge is -1.98. The molecule has 1 N–H and O–H groups in total. The van der Waals surface area contributed by atoms with Gasteiger partial charge in [-0.25, -0.2) is 0 Å². The van der Waals surface area contributed by atoms with E-state index in [0.29, 0.717) is 16.3 Å². The molecule has 4 heteroatoms. The Labute approximate surface area is 66.1 Å². The van der Waals surface area contributed by atoms with Gasteiger partial charge in [-0.2, -0.15) is 0 Å². The van der Waals surface area contributed by atoms with E-state index in [1.54, 1.807) is 0 Å². The van der Waals surface area contributed by atoms with Gasteiger partial charge in [0.25, 0.3) is 0 Å². The van der Waals surface area contributed by atoms with Crippen molar-refractivity contribution in [3.8, 4) is 0 Å². The van der Waals surface area contributed by atoms with Gasteiger partial charge in [0.05, 0.1) is 5.75 Å². The molecule has 2 nitrogen and oxygen atoms in total. The van der Waals surface area contributed by atoms with Gasteiger partial charge < -0.3 is 5.41 Å². The van der Waals surface area contributed by atoms with E-state index < -0.39 is 10.8 Å². The fourth-order valence-electron chi connectivity index (χ4n) is 0.417. The number of nitrogens with one attached hydrogen (secondary N) is 1. The molecule has 0 bridgehead atoms. The SMILES string of the molecule is CC(Br)CS(=O)CC=N. The van der Waals surface area contributed by atoms with E-state index in [1.807, 2.05) is 6.92 Å². The normalized spacial score (nSPS) is 16.7. The standard InChI is InChI=1S/C5H10BrNOS/c1-5(6)4-9(8)3-2-7/h2,5,7H,3-4H2,1H3. The van der Waals surface area contributed by atoms with Crippen LogP contribution in [0.3, 0.4) is 0 Å². The van der Waals surface area contributed by atoms with E-state index in [0.717, 1.165) is 0 Å². The average Bonchev–Trinajstić information content (AvgIpc) is 1.63. The van der Waals surface area contributed by atoms with Crippen molar-refractivity contribution in [3.05, 3.63) is 0 Å². The van der Waals surface area contributed by atoms with Crippen LogP contribution < -0.4 is 0 Å². The van der Waals surface area contributed by atoms with Gasteiger partial charge in [0.2, 0.25) is 0 Å². The predicted octanol–water partition coefficient (Wildman–Crippen LogP) is 1.17. The van der Waals surface area contributed by atoms with Crippen LogP contribution in [-0.4, -0.2) is 26.8 Å². The van der Waals surface area contributed by atoms with Crippen molar-refractivity contribution in [3.63, 3.8) is 0 Å². The molecule has 2 atom stereocenters. The van der Waals surface area contributed by atoms with Crippen molar-refractivity contribution in [2.75, 3.05) is 11.5 Å². The number of hydrogen-bond acceptors (Lipinski definition) is 2. The first kappa shape index (κ1) is 9.30. The van der Waals surface area contributed by atoms with Crippen LogP contribution in [-0.2, 0) is 10.8 Å². The summed E-state index contributed by atoms with van der Waals surface area (Å²) in [5, 5.41) is 6.64. The van der Waals surface area contributed by atoms with E-state index in [2.05, 4.69) is 15.9 Å². The van der Waals surface area contributed by atoms with Gasteiger partial charge in [0.15, 0.2) is 0 Å². The highest BCUT2D eigenvalue weighted by molar-refractivity contribution is 9.09. The maximum Gasteiger partial charge on any atom is 0.0582 e. The van der Waals surface area contributed by atoms with Gasteiger partial charge >= 0.3 is 0 Å². The molecule has 9 heavy (non-hydrogen) atoms. The molecule has 54 valence electrons. The Bertz CT molecular complexity index is 116. The molecule has 0 aliphatic rings. The molecule has 0 fully saturated rings. The second-order valence-electron chi connectivity index (χ2n) is 1.76. The molecule has 0 amide bonds. The molecule has 0 saturated carbocycles. The van der Waals surface area contributed by atoms with Crippen LogP contribution in [0.4, 0.5) is 0 Å². The fourth-order valence-corrected chi connectivity index (χ4v) is 2.14. The lowest BCUT2D eigenvalue weighted by molar-refractivity contribution is 0.685. The van der Waals surface area contributed by atoms with E-state index in [-0.39, 0.29) is 0 Å². The molecule has 0 rings (SSSR count). The summed E-state index contributed by atoms with van der Waals surface area (Å²) in [6.45, 7) is 1.95. The van der Waals surface area contributed by atoms with Crippen molar-refractivity contribution < 1.29 is 4.21 Å². The van der Waals surface area contributed by atoms with Crippen LogP contribution in [0.25, 0.3) is 0 Å². The third-order valence-corrected chi connectivity index (χ3v) is 2.85. The molecule has 0 aromatic carbocycles. The smallest absolute Gasteiger partial charge is 0.0582 e. The summed E-state index contributed by atoms with van der Waals surface area (Å²) in [4.78, 5) is 0.290. The Morgan fingerprint density at radius 3 is 2.78 bits per heavy atom. The molecule has 0 heterocycles. The van der Waals surface area contributed by atoms with Crippen LogP contribution in [0.5, 0.6) is 0 Å². The van der Waals surface area contributed by atoms with Gasteiger partial charge in [-0.15, -0.1) is 0 Å². The highest BCUT2D eigenvalue weighted by Gasteiger charge is 2.00. The van der Waals surface area contributed by atoms with Gasteiger partial charge in [-0.05, 0) is 0 Å². The summed E-state index contributed by atoms with van der Waals surface area (Å²) in [7, 11) is -0.840. The molecular weight excluding hydrogens is 202 g/mol. The number of hydrogen-bond donors (Lipinski definition) is 1. The Morgan fingerprint density at radius 1 is 1.89 bits per heavy atom. The van der Waals surface area contributed by atoms with Gasteiger partial charge in [0, 0.05) is 27.6 Å². The Morgan fingerprint density at radius 2 is 2.44 bits per heavy atom. The van der Waals surface area contributed by atoms with E-state index >= 15 is 0 Å². The highest BCUT2D eigenvalue weighted by Crippen LogP contribution is 1.98. The lowest BCUT2D eigenvalue weighted by Crippen LogP contribution is -2.09. The van der Waals surface area contributed by atoms with E-state index in [9.17, 15) is 4.21 Å². The maximum atomic E-state index is 10.8. The van der Waals surface area contributed by atoms with Gasteiger partial charge in [0.1, 0.15) is 0 Å². The van der Waals surface area contributed by atoms with Crippen LogP contribution in [0.15, 0.2) is 0 Å². The molecule has 0 saturated heterocycles. The zero-order chi connectivity index (χ0) is 7.28. The maximum absolute atomic E-state index is 10.8. The van der Waals surface area contributed by atoms with Crippen LogP contribution in [0.1, 0.15) is 6.92 Å². The summed E-state index contributed by atoms with van der Waals surface area (Å²) in [5.74, 6) is 1.02. The molecule has 0 aromatic heterocycles. The number of alkyl halides is 1. The van der Waals surface area contributed by atoms with E-state index in [4.69, 9.17) is 5.41 Å². The van der Waals surface area contributed by atoms with Crippen molar-refractivity contribution in [1.82, 2.24) is 0 Å². The lowest BCUT2D eigenvalue weighted by atomic mass is 10.6. The zero-order valence-electron chi connectivity index (χ0n) is 5.26. The van der Waals surface area contributed by atoms with Crippen molar-refractivity contribution >= 4 is 32.9 Å². The summed E-state index contributed by atoms with van der Waals surface area (Å²) < 4.78 is 10.8. The minimum Gasteiger partial charge on any atom is -0.312 e. The molecule has 2 unspecified atom stereocenters. The second kappa shape index (κ2) is 5.11. The average molecular weight is 212 g/mol. The van der Waals surface area contributed by atoms with Crippen LogP contribution in [0, 0.1) is 5.41 Å². The first-order valence-corrected chi connectivity index (χ1v) is 5.05. The fraction of sp³-hybridized carbons (Fsp3) is 0.800. The van der Waals surface area contributed by atoms with Crippen molar-refractivity contribution in [2.24, 2.45) is 0 Å². The van der Waals surface area contributed by atoms with Crippen LogP contribution >= 0.6 is 15.9 Å². The Kier molecular flexibility index (Phi) is 5.28. The quantitative estimate of drug-likeness (QED) is 0.551. The third-order valence-electron chi connectivity index (χ3n) is 0.685. The topological polar surface area (TPSA) is 40.9 Å². The monoisotopic (exact) mass is 211 g/mol. The van der Waals surface area contributed by atoms with Crippen molar-refractivity contribution in [1.29, 1.82) is 5.41 Å². The second-order valence-corrected chi connectivity index (χ2v) is 4.87. The molecule has 0 aliphatic heterocycles. The molecular formula is C5H10BrNOS. The number of halogens is 1. The first-order chi connectivity index (χ1) is 4.16. The van der Waals surface area contributed by atoms with E-state index in [1.165, 1.54) is 6.21 Å². The van der Waals surface area contributed by atoms with Gasteiger partial charge in [-0.3, -0.25) is 4.21 Å². The van der Waals surface area contributed by atoms with Gasteiger partial charge in [-0.1, -0.05) is 22.9 Å². The Balaban J connectivity index is 3.38. The van der Waals surface area contributed by atoms with Crippen molar-refractivity contribution in [2.45, 2.75) is 11.8 Å². The molecule has 0 radical (unpaired) electrons. The molecule has 0 aliphatic carbocycles. The predicted molar refractivity (Wildman–Crippen MR) is 45.0 cm³/mol. The third kappa shape index (κ3) is 6.18. The summed E-state index contributed by atoms with van der Waals surface area (Å²) in [6.07, 6.45) is 1.19. The molecule has 0 aromatic rings. The summed E-state index contributed by atoms with van der Waals surface area (Å²) in [6, 6.07) is 0. The zero-order valence-corrected chi connectivity index (χ0v) is 7.67. The Hall–Kier alpha value is 0.300. The first-order valence-electron chi connectivity index (χ1n) is 2.64. The largest absolute Gasteiger partial charge is 0.312 e. The molecule has 0 spiro atoms. The summed E-state index contributed by atoms with van der Waals surface area (Å²) >= 11 is 3.28. The summed E-state index contributed by atoms with van der Waals surface area (Å²) in [5.41, 5.74) is 0. The minimum absolute atomic E-state index is 0.290. The number of rotatable bonds is 4. The van der Waals surface area contributed by atoms with Crippen LogP contribution in [0.2, 0.25) is 0 Å². The minimum atomic E-state index is -0.840.